The second kappa shape index (κ2) is 5.81. The molecule has 4 aliphatic carbocycles. The Morgan fingerprint density at radius 2 is 1.80 bits per heavy atom. The molecule has 0 aliphatic heterocycles. The largest absolute Gasteiger partial charge is 0.389 e. The predicted octanol–water partition coefficient (Wildman–Crippen LogP) is 5.38. The Labute approximate surface area is 154 Å². The Morgan fingerprint density at radius 3 is 2.52 bits per heavy atom. The van der Waals surface area contributed by atoms with Gasteiger partial charge in [0, 0.05) is 12.3 Å². The highest BCUT2D eigenvalue weighted by Crippen LogP contribution is 2.68. The topological polar surface area (TPSA) is 37.3 Å². The van der Waals surface area contributed by atoms with Gasteiger partial charge in [0.15, 0.2) is 0 Å². The molecule has 0 bridgehead atoms. The Bertz CT molecular complexity index is 556. The van der Waals surface area contributed by atoms with Gasteiger partial charge in [0.1, 0.15) is 5.78 Å². The summed E-state index contributed by atoms with van der Waals surface area (Å²) in [4.78, 5) is 12.3. The van der Waals surface area contributed by atoms with Gasteiger partial charge in [0.25, 0.3) is 0 Å². The van der Waals surface area contributed by atoms with Crippen LogP contribution >= 0.6 is 0 Å². The average Bonchev–Trinajstić information content (AvgIpc) is 2.81. The minimum Gasteiger partial charge on any atom is -0.389 e. The van der Waals surface area contributed by atoms with Crippen molar-refractivity contribution >= 4 is 5.78 Å². The van der Waals surface area contributed by atoms with Gasteiger partial charge in [-0.25, -0.2) is 0 Å². The molecule has 0 spiro atoms. The minimum absolute atomic E-state index is 0.128. The lowest BCUT2D eigenvalue weighted by molar-refractivity contribution is -0.162. The van der Waals surface area contributed by atoms with E-state index in [4.69, 9.17) is 0 Å². The fourth-order valence-corrected chi connectivity index (χ4v) is 8.34. The lowest BCUT2D eigenvalue weighted by Crippen LogP contribution is -2.57. The summed E-state index contributed by atoms with van der Waals surface area (Å²) in [5, 5.41) is 11.5. The molecule has 0 amide bonds. The van der Waals surface area contributed by atoms with Gasteiger partial charge in [-0.15, -0.1) is 0 Å². The summed E-state index contributed by atoms with van der Waals surface area (Å²) in [5.74, 6) is 3.66. The van der Waals surface area contributed by atoms with Crippen molar-refractivity contribution in [2.45, 2.75) is 97.5 Å². The molecule has 2 nitrogen and oxygen atoms in total. The first-order valence-corrected chi connectivity index (χ1v) is 11.0. The van der Waals surface area contributed by atoms with Crippen molar-refractivity contribution < 1.29 is 9.90 Å². The summed E-state index contributed by atoms with van der Waals surface area (Å²) < 4.78 is 0. The van der Waals surface area contributed by atoms with Crippen molar-refractivity contribution in [1.29, 1.82) is 0 Å². The lowest BCUT2D eigenvalue weighted by atomic mass is 9.43. The van der Waals surface area contributed by atoms with Crippen LogP contribution in [-0.2, 0) is 4.79 Å². The first kappa shape index (κ1) is 18.0. The number of Topliss-reactive ketones (excluding diaryl/α,β-unsaturated/α-hetero) is 1. The zero-order valence-electron chi connectivity index (χ0n) is 16.8. The van der Waals surface area contributed by atoms with Gasteiger partial charge in [-0.2, -0.15) is 0 Å². The van der Waals surface area contributed by atoms with Crippen LogP contribution in [0.2, 0.25) is 0 Å². The van der Waals surface area contributed by atoms with Gasteiger partial charge in [-0.3, -0.25) is 4.79 Å². The molecule has 0 heterocycles. The minimum atomic E-state index is -0.426. The molecule has 25 heavy (non-hydrogen) atoms. The molecule has 142 valence electrons. The molecule has 8 atom stereocenters. The smallest absolute Gasteiger partial charge is 0.136 e. The third-order valence-corrected chi connectivity index (χ3v) is 9.79. The third-order valence-electron chi connectivity index (χ3n) is 9.79. The van der Waals surface area contributed by atoms with Crippen molar-refractivity contribution in [2.75, 3.05) is 0 Å². The normalized spacial score (nSPS) is 55.4. The molecule has 2 heteroatoms. The summed E-state index contributed by atoms with van der Waals surface area (Å²) in [5.41, 5.74) is 0.0669. The Hall–Kier alpha value is -0.370. The zero-order valence-corrected chi connectivity index (χ0v) is 16.8. The van der Waals surface area contributed by atoms with Gasteiger partial charge in [0.05, 0.1) is 5.60 Å². The quantitative estimate of drug-likeness (QED) is 0.729. The van der Waals surface area contributed by atoms with Gasteiger partial charge >= 0.3 is 0 Å². The van der Waals surface area contributed by atoms with Crippen LogP contribution in [0.15, 0.2) is 0 Å². The van der Waals surface area contributed by atoms with Gasteiger partial charge in [-0.05, 0) is 85.9 Å². The molecule has 0 unspecified atom stereocenters. The molecule has 4 fully saturated rings. The molecular formula is C23H38O2. The maximum absolute atomic E-state index is 12.3. The van der Waals surface area contributed by atoms with Crippen LogP contribution in [0.4, 0.5) is 0 Å². The van der Waals surface area contributed by atoms with Crippen molar-refractivity contribution in [3.05, 3.63) is 0 Å². The van der Waals surface area contributed by atoms with Crippen LogP contribution < -0.4 is 0 Å². The Balaban J connectivity index is 1.63. The van der Waals surface area contributed by atoms with E-state index >= 15 is 0 Å². The SMILES string of the molecule is CCC[C@]1(O)CC[C@H]2[C@@H]3CC[C@@H]4CC(=O)[C@H](C)C[C@]4(C)[C@H]3CC[C@@]21C. The van der Waals surface area contributed by atoms with Crippen LogP contribution in [-0.4, -0.2) is 16.5 Å². The number of ketones is 1. The van der Waals surface area contributed by atoms with E-state index in [-0.39, 0.29) is 11.3 Å². The highest BCUT2D eigenvalue weighted by atomic mass is 16.3. The van der Waals surface area contributed by atoms with E-state index in [2.05, 4.69) is 27.7 Å². The van der Waals surface area contributed by atoms with E-state index < -0.39 is 5.60 Å². The van der Waals surface area contributed by atoms with Crippen LogP contribution in [0.5, 0.6) is 0 Å². The van der Waals surface area contributed by atoms with E-state index in [9.17, 15) is 9.90 Å². The summed E-state index contributed by atoms with van der Waals surface area (Å²) in [6.07, 6.45) is 11.3. The standard InChI is InChI=1S/C23H38O2/c1-5-10-23(25)12-9-19-17-7-6-16-13-20(24)15(2)14-21(16,3)18(17)8-11-22(19,23)4/h15-19,25H,5-14H2,1-4H3/t15-,16-,17-,18+,19+,21+,22+,23+/m1/s1. The fraction of sp³-hybridized carbons (Fsp3) is 0.957. The third kappa shape index (κ3) is 2.35. The number of hydrogen-bond donors (Lipinski definition) is 1. The van der Waals surface area contributed by atoms with Crippen molar-refractivity contribution in [1.82, 2.24) is 0 Å². The molecule has 1 N–H and O–H groups in total. The predicted molar refractivity (Wildman–Crippen MR) is 101 cm³/mol. The van der Waals surface area contributed by atoms with Crippen LogP contribution in [0.25, 0.3) is 0 Å². The van der Waals surface area contributed by atoms with Crippen LogP contribution in [0.3, 0.4) is 0 Å². The van der Waals surface area contributed by atoms with Gasteiger partial charge in [0.2, 0.25) is 0 Å². The molecule has 4 rings (SSSR count). The maximum Gasteiger partial charge on any atom is 0.136 e. The molecule has 0 aromatic rings. The summed E-state index contributed by atoms with van der Waals surface area (Å²) in [7, 11) is 0. The maximum atomic E-state index is 12.3. The zero-order chi connectivity index (χ0) is 18.0. The molecule has 0 radical (unpaired) electrons. The Kier molecular flexibility index (Phi) is 4.19. The van der Waals surface area contributed by atoms with Crippen molar-refractivity contribution in [3.8, 4) is 0 Å². The summed E-state index contributed by atoms with van der Waals surface area (Å²) in [6, 6.07) is 0. The van der Waals surface area contributed by atoms with Crippen molar-refractivity contribution in [2.24, 2.45) is 40.4 Å². The molecule has 0 saturated heterocycles. The number of aliphatic hydroxyl groups is 1. The van der Waals surface area contributed by atoms with E-state index in [1.165, 1.54) is 32.1 Å². The molecule has 4 aliphatic rings. The van der Waals surface area contributed by atoms with E-state index in [0.29, 0.717) is 23.0 Å². The number of fused-ring (bicyclic) bond motifs is 5. The van der Waals surface area contributed by atoms with E-state index in [0.717, 1.165) is 43.9 Å². The van der Waals surface area contributed by atoms with Gasteiger partial charge in [-0.1, -0.05) is 34.1 Å². The number of hydrogen-bond acceptors (Lipinski definition) is 2. The second-order valence-electron chi connectivity index (χ2n) is 10.7. The van der Waals surface area contributed by atoms with Crippen LogP contribution in [0.1, 0.15) is 91.9 Å². The summed E-state index contributed by atoms with van der Waals surface area (Å²) in [6.45, 7) is 9.31. The van der Waals surface area contributed by atoms with E-state index in [1.54, 1.807) is 0 Å². The molecule has 4 saturated carbocycles. The highest BCUT2D eigenvalue weighted by molar-refractivity contribution is 5.82. The highest BCUT2D eigenvalue weighted by Gasteiger charge is 2.64. The Morgan fingerprint density at radius 1 is 1.08 bits per heavy atom. The van der Waals surface area contributed by atoms with Gasteiger partial charge < -0.3 is 5.11 Å². The van der Waals surface area contributed by atoms with Crippen molar-refractivity contribution in [3.63, 3.8) is 0 Å². The first-order chi connectivity index (χ1) is 11.7. The number of rotatable bonds is 2. The fourth-order valence-electron chi connectivity index (χ4n) is 8.34. The lowest BCUT2D eigenvalue weighted by Gasteiger charge is -2.61. The summed E-state index contributed by atoms with van der Waals surface area (Å²) >= 11 is 0. The second-order valence-corrected chi connectivity index (χ2v) is 10.7. The van der Waals surface area contributed by atoms with Crippen LogP contribution in [0, 0.1) is 40.4 Å². The monoisotopic (exact) mass is 346 g/mol. The van der Waals surface area contributed by atoms with E-state index in [1.807, 2.05) is 0 Å². The molecule has 0 aromatic carbocycles. The first-order valence-electron chi connectivity index (χ1n) is 11.0. The molecule has 0 aromatic heterocycles. The number of carbonyl (C=O) groups is 1. The average molecular weight is 347 g/mol. The number of carbonyl (C=O) groups excluding carboxylic acids is 1. The molecular weight excluding hydrogens is 308 g/mol.